The van der Waals surface area contributed by atoms with Crippen molar-refractivity contribution < 1.29 is 38.2 Å². The van der Waals surface area contributed by atoms with Crippen LogP contribution in [0.15, 0.2) is 24.3 Å². The van der Waals surface area contributed by atoms with Gasteiger partial charge in [0.05, 0.1) is 13.2 Å². The van der Waals surface area contributed by atoms with Gasteiger partial charge in [0.1, 0.15) is 23.7 Å². The van der Waals surface area contributed by atoms with Crippen molar-refractivity contribution in [2.24, 2.45) is 5.92 Å². The maximum absolute atomic E-state index is 12.9. The highest BCUT2D eigenvalue weighted by Gasteiger charge is 2.26. The SMILES string of the molecule is COC(=O)CCCCCCC(=O)N[C@H](C(=O)NC(C=O)Cc1ccc(OCC(=O)OC(C)(C)C)cc1)C(C)C. The molecule has 2 amide bonds. The van der Waals surface area contributed by atoms with Crippen LogP contribution in [0.3, 0.4) is 0 Å². The number of hydrogen-bond acceptors (Lipinski definition) is 8. The first-order valence-electron chi connectivity index (χ1n) is 13.4. The van der Waals surface area contributed by atoms with Crippen LogP contribution in [0.4, 0.5) is 0 Å². The van der Waals surface area contributed by atoms with E-state index in [2.05, 4.69) is 15.4 Å². The normalized spacial score (nSPS) is 12.7. The topological polar surface area (TPSA) is 137 Å². The molecule has 0 aliphatic heterocycles. The molecule has 1 rings (SSSR count). The zero-order valence-electron chi connectivity index (χ0n) is 24.0. The number of amides is 2. The predicted molar refractivity (Wildman–Crippen MR) is 146 cm³/mol. The first-order valence-corrected chi connectivity index (χ1v) is 13.4. The third-order valence-electron chi connectivity index (χ3n) is 5.68. The lowest BCUT2D eigenvalue weighted by atomic mass is 10.0. The number of esters is 2. The van der Waals surface area contributed by atoms with Gasteiger partial charge in [0.15, 0.2) is 6.61 Å². The molecule has 39 heavy (non-hydrogen) atoms. The molecule has 0 bridgehead atoms. The van der Waals surface area contributed by atoms with Gasteiger partial charge in [-0.2, -0.15) is 0 Å². The number of carbonyl (C=O) groups is 5. The fourth-order valence-corrected chi connectivity index (χ4v) is 3.69. The lowest BCUT2D eigenvalue weighted by Crippen LogP contribution is -2.52. The summed E-state index contributed by atoms with van der Waals surface area (Å²) >= 11 is 0. The van der Waals surface area contributed by atoms with Crippen molar-refractivity contribution in [2.45, 2.75) is 97.2 Å². The van der Waals surface area contributed by atoms with Crippen LogP contribution in [-0.4, -0.2) is 61.4 Å². The molecule has 10 nitrogen and oxygen atoms in total. The highest BCUT2D eigenvalue weighted by molar-refractivity contribution is 5.89. The highest BCUT2D eigenvalue weighted by atomic mass is 16.6. The van der Waals surface area contributed by atoms with Crippen molar-refractivity contribution in [3.8, 4) is 5.75 Å². The average Bonchev–Trinajstić information content (AvgIpc) is 2.86. The number of aldehydes is 1. The number of hydrogen-bond donors (Lipinski definition) is 2. The molecule has 0 saturated carbocycles. The molecule has 2 atom stereocenters. The molecule has 2 N–H and O–H groups in total. The Bertz CT molecular complexity index is 938. The summed E-state index contributed by atoms with van der Waals surface area (Å²) in [6, 6.07) is 5.30. The van der Waals surface area contributed by atoms with E-state index in [1.54, 1.807) is 45.0 Å². The molecule has 0 spiro atoms. The standard InChI is InChI=1S/C29H44N2O8/c1-20(2)27(31-24(33)11-9-7-8-10-12-25(34)37-6)28(36)30-22(18-32)17-21-13-15-23(16-14-21)38-19-26(35)39-29(3,4)5/h13-16,18,20,22,27H,7-12,17,19H2,1-6H3,(H,30,36)(H,31,33)/t22?,27-/m0/s1. The zero-order valence-corrected chi connectivity index (χ0v) is 24.0. The smallest absolute Gasteiger partial charge is 0.344 e. The molecule has 1 unspecified atom stereocenters. The molecular weight excluding hydrogens is 504 g/mol. The van der Waals surface area contributed by atoms with Gasteiger partial charge in [0, 0.05) is 12.8 Å². The van der Waals surface area contributed by atoms with Gasteiger partial charge in [-0.15, -0.1) is 0 Å². The van der Waals surface area contributed by atoms with Crippen molar-refractivity contribution in [3.63, 3.8) is 0 Å². The van der Waals surface area contributed by atoms with Crippen molar-refractivity contribution >= 4 is 30.0 Å². The third kappa shape index (κ3) is 14.9. The Morgan fingerprint density at radius 1 is 0.897 bits per heavy atom. The Morgan fingerprint density at radius 3 is 2.05 bits per heavy atom. The second-order valence-electron chi connectivity index (χ2n) is 10.8. The third-order valence-corrected chi connectivity index (χ3v) is 5.68. The summed E-state index contributed by atoms with van der Waals surface area (Å²) < 4.78 is 15.3. The Labute approximate surface area is 231 Å². The summed E-state index contributed by atoms with van der Waals surface area (Å²) in [7, 11) is 1.36. The lowest BCUT2D eigenvalue weighted by molar-refractivity contribution is -0.157. The quantitative estimate of drug-likeness (QED) is 0.172. The largest absolute Gasteiger partial charge is 0.482 e. The van der Waals surface area contributed by atoms with Crippen LogP contribution in [0, 0.1) is 5.92 Å². The minimum atomic E-state index is -0.779. The molecule has 0 aliphatic rings. The predicted octanol–water partition coefficient (Wildman–Crippen LogP) is 3.29. The summed E-state index contributed by atoms with van der Waals surface area (Å²) in [5, 5.41) is 5.50. The molecule has 0 aliphatic carbocycles. The van der Waals surface area contributed by atoms with E-state index in [1.165, 1.54) is 7.11 Å². The minimum absolute atomic E-state index is 0.178. The molecule has 218 valence electrons. The van der Waals surface area contributed by atoms with Gasteiger partial charge < -0.3 is 29.6 Å². The molecule has 0 fully saturated rings. The van der Waals surface area contributed by atoms with Crippen LogP contribution >= 0.6 is 0 Å². The first-order chi connectivity index (χ1) is 18.3. The van der Waals surface area contributed by atoms with Crippen LogP contribution in [0.2, 0.25) is 0 Å². The van der Waals surface area contributed by atoms with Crippen molar-refractivity contribution in [1.82, 2.24) is 10.6 Å². The number of rotatable bonds is 17. The first kappa shape index (κ1) is 33.6. The summed E-state index contributed by atoms with van der Waals surface area (Å²) in [6.07, 6.45) is 4.52. The fraction of sp³-hybridized carbons (Fsp3) is 0.621. The Hall–Kier alpha value is -3.43. The monoisotopic (exact) mass is 548 g/mol. The van der Waals surface area contributed by atoms with Crippen molar-refractivity contribution in [1.29, 1.82) is 0 Å². The van der Waals surface area contributed by atoms with Crippen molar-refractivity contribution in [2.75, 3.05) is 13.7 Å². The summed E-state index contributed by atoms with van der Waals surface area (Å²) in [5.74, 6) is -1.08. The van der Waals surface area contributed by atoms with E-state index in [9.17, 15) is 24.0 Å². The minimum Gasteiger partial charge on any atom is -0.482 e. The molecule has 0 radical (unpaired) electrons. The zero-order chi connectivity index (χ0) is 29.4. The second-order valence-corrected chi connectivity index (χ2v) is 10.8. The van der Waals surface area contributed by atoms with Crippen molar-refractivity contribution in [3.05, 3.63) is 29.8 Å². The number of nitrogens with one attached hydrogen (secondary N) is 2. The van der Waals surface area contributed by atoms with Gasteiger partial charge >= 0.3 is 11.9 Å². The number of carbonyl (C=O) groups excluding carboxylic acids is 5. The summed E-state index contributed by atoms with van der Waals surface area (Å²) in [4.78, 5) is 60.0. The molecule has 10 heteroatoms. The van der Waals surface area contributed by atoms with E-state index in [1.807, 2.05) is 13.8 Å². The van der Waals surface area contributed by atoms with Crippen LogP contribution < -0.4 is 15.4 Å². The fourth-order valence-electron chi connectivity index (χ4n) is 3.69. The van der Waals surface area contributed by atoms with Gasteiger partial charge in [-0.05, 0) is 63.6 Å². The number of benzene rings is 1. The van der Waals surface area contributed by atoms with Gasteiger partial charge in [0.25, 0.3) is 0 Å². The second kappa shape index (κ2) is 17.2. The molecule has 0 aromatic heterocycles. The van der Waals surface area contributed by atoms with Crippen LogP contribution in [0.1, 0.15) is 78.7 Å². The number of ether oxygens (including phenoxy) is 3. The van der Waals surface area contributed by atoms with Crippen LogP contribution in [-0.2, 0) is 39.9 Å². The molecule has 1 aromatic rings. The average molecular weight is 549 g/mol. The van der Waals surface area contributed by atoms with E-state index in [4.69, 9.17) is 9.47 Å². The Morgan fingerprint density at radius 2 is 1.51 bits per heavy atom. The summed E-state index contributed by atoms with van der Waals surface area (Å²) in [6.45, 7) is 8.75. The molecule has 0 saturated heterocycles. The van der Waals surface area contributed by atoms with E-state index in [0.717, 1.165) is 18.4 Å². The van der Waals surface area contributed by atoms with E-state index in [-0.39, 0.29) is 37.2 Å². The highest BCUT2D eigenvalue weighted by Crippen LogP contribution is 2.15. The van der Waals surface area contributed by atoms with E-state index < -0.39 is 29.6 Å². The molecule has 1 aromatic carbocycles. The van der Waals surface area contributed by atoms with Gasteiger partial charge in [-0.3, -0.25) is 14.4 Å². The Kier molecular flexibility index (Phi) is 14.8. The number of methoxy groups -OCH3 is 1. The summed E-state index contributed by atoms with van der Waals surface area (Å²) in [5.41, 5.74) is 0.193. The van der Waals surface area contributed by atoms with E-state index in [0.29, 0.717) is 31.3 Å². The maximum Gasteiger partial charge on any atom is 0.344 e. The Balaban J connectivity index is 2.53. The van der Waals surface area contributed by atoms with Gasteiger partial charge in [-0.1, -0.05) is 38.8 Å². The van der Waals surface area contributed by atoms with Crippen LogP contribution in [0.5, 0.6) is 5.75 Å². The molecule has 0 heterocycles. The molecular formula is C29H44N2O8. The lowest BCUT2D eigenvalue weighted by Gasteiger charge is -2.24. The maximum atomic E-state index is 12.9. The number of unbranched alkanes of at least 4 members (excludes halogenated alkanes) is 3. The van der Waals surface area contributed by atoms with Gasteiger partial charge in [0.2, 0.25) is 11.8 Å². The van der Waals surface area contributed by atoms with Crippen LogP contribution in [0.25, 0.3) is 0 Å². The van der Waals surface area contributed by atoms with Gasteiger partial charge in [-0.25, -0.2) is 4.79 Å². The van der Waals surface area contributed by atoms with E-state index >= 15 is 0 Å².